The van der Waals surface area contributed by atoms with Crippen molar-refractivity contribution in [3.05, 3.63) is 24.3 Å². The van der Waals surface area contributed by atoms with Crippen LogP contribution in [0.25, 0.3) is 0 Å². The first-order valence-electron chi connectivity index (χ1n) is 12.3. The van der Waals surface area contributed by atoms with Crippen LogP contribution in [0, 0.1) is 0 Å². The molecule has 0 radical (unpaired) electrons. The molecule has 4 heteroatoms. The maximum absolute atomic E-state index is 11.7. The van der Waals surface area contributed by atoms with Crippen molar-refractivity contribution in [2.75, 3.05) is 13.2 Å². The number of carbonyl (C=O) groups is 2. The molecule has 0 rings (SSSR count). The van der Waals surface area contributed by atoms with Crippen molar-refractivity contribution in [2.45, 2.75) is 117 Å². The van der Waals surface area contributed by atoms with Gasteiger partial charge in [0.15, 0.2) is 0 Å². The Morgan fingerprint density at radius 2 is 0.900 bits per heavy atom. The van der Waals surface area contributed by atoms with Crippen molar-refractivity contribution < 1.29 is 19.1 Å². The van der Waals surface area contributed by atoms with Gasteiger partial charge in [0, 0.05) is 0 Å². The maximum atomic E-state index is 11.7. The summed E-state index contributed by atoms with van der Waals surface area (Å²) in [6, 6.07) is 0. The average molecular weight is 423 g/mol. The van der Waals surface area contributed by atoms with Crippen molar-refractivity contribution in [2.24, 2.45) is 0 Å². The Hall–Kier alpha value is -1.58. The van der Waals surface area contributed by atoms with E-state index in [4.69, 9.17) is 9.47 Å². The normalized spacial score (nSPS) is 11.4. The number of allylic oxidation sites excluding steroid dienone is 4. The Labute approximate surface area is 185 Å². The van der Waals surface area contributed by atoms with E-state index < -0.39 is 0 Å². The molecule has 0 bridgehead atoms. The van der Waals surface area contributed by atoms with E-state index in [0.29, 0.717) is 13.2 Å². The topological polar surface area (TPSA) is 52.6 Å². The van der Waals surface area contributed by atoms with E-state index in [1.165, 1.54) is 38.5 Å². The van der Waals surface area contributed by atoms with E-state index in [2.05, 4.69) is 38.2 Å². The van der Waals surface area contributed by atoms with Crippen molar-refractivity contribution in [3.8, 4) is 0 Å². The van der Waals surface area contributed by atoms with Gasteiger partial charge in [-0.3, -0.25) is 9.59 Å². The molecule has 0 heterocycles. The standard InChI is InChI=1S/C26H46O4/c1-3-5-7-9-11-13-15-17-19-23-29-25(27)21-22-26(28)30-24-20-18-16-14-12-10-8-6-4-2/h5-8H,3-4,9-24H2,1-2H3/b7-5+,8-6+. The zero-order valence-corrected chi connectivity index (χ0v) is 19.7. The summed E-state index contributed by atoms with van der Waals surface area (Å²) in [7, 11) is 0. The minimum Gasteiger partial charge on any atom is -0.466 e. The van der Waals surface area contributed by atoms with Gasteiger partial charge >= 0.3 is 11.9 Å². The number of carbonyl (C=O) groups excluding carboxylic acids is 2. The van der Waals surface area contributed by atoms with E-state index in [1.54, 1.807) is 0 Å². The molecule has 0 aliphatic heterocycles. The van der Waals surface area contributed by atoms with Crippen LogP contribution in [0.15, 0.2) is 24.3 Å². The molecular weight excluding hydrogens is 376 g/mol. The number of unbranched alkanes of at least 4 members (excludes halogenated alkanes) is 10. The van der Waals surface area contributed by atoms with Crippen molar-refractivity contribution >= 4 is 11.9 Å². The molecule has 0 saturated carbocycles. The monoisotopic (exact) mass is 422 g/mol. The van der Waals surface area contributed by atoms with Crippen LogP contribution in [-0.2, 0) is 19.1 Å². The Balaban J connectivity index is 3.36. The molecule has 4 nitrogen and oxygen atoms in total. The summed E-state index contributed by atoms with van der Waals surface area (Å²) in [5.74, 6) is -0.595. The molecule has 0 unspecified atom stereocenters. The summed E-state index contributed by atoms with van der Waals surface area (Å²) in [6.45, 7) is 5.21. The lowest BCUT2D eigenvalue weighted by Gasteiger charge is -2.06. The minimum absolute atomic E-state index is 0.119. The van der Waals surface area contributed by atoms with E-state index in [9.17, 15) is 9.59 Å². The van der Waals surface area contributed by atoms with Crippen LogP contribution in [0.2, 0.25) is 0 Å². The summed E-state index contributed by atoms with van der Waals surface area (Å²) < 4.78 is 10.4. The summed E-state index contributed by atoms with van der Waals surface area (Å²) >= 11 is 0. The van der Waals surface area contributed by atoms with Gasteiger partial charge in [-0.2, -0.15) is 0 Å². The van der Waals surface area contributed by atoms with Gasteiger partial charge in [0.2, 0.25) is 0 Å². The van der Waals surface area contributed by atoms with Crippen LogP contribution in [0.4, 0.5) is 0 Å². The summed E-state index contributed by atoms with van der Waals surface area (Å²) in [5.41, 5.74) is 0. The number of hydrogen-bond acceptors (Lipinski definition) is 4. The molecule has 0 aromatic heterocycles. The molecule has 0 saturated heterocycles. The van der Waals surface area contributed by atoms with Crippen LogP contribution in [0.1, 0.15) is 117 Å². The smallest absolute Gasteiger partial charge is 0.306 e. The Morgan fingerprint density at radius 1 is 0.533 bits per heavy atom. The molecule has 0 spiro atoms. The molecule has 0 aromatic carbocycles. The predicted molar refractivity (Wildman–Crippen MR) is 125 cm³/mol. The molecule has 0 aliphatic carbocycles. The molecule has 0 atom stereocenters. The molecular formula is C26H46O4. The minimum atomic E-state index is -0.297. The molecule has 0 aromatic rings. The second kappa shape index (κ2) is 23.7. The lowest BCUT2D eigenvalue weighted by Crippen LogP contribution is -2.11. The van der Waals surface area contributed by atoms with Gasteiger partial charge in [0.25, 0.3) is 0 Å². The van der Waals surface area contributed by atoms with Crippen LogP contribution in [-0.4, -0.2) is 25.2 Å². The third-order valence-corrected chi connectivity index (χ3v) is 4.89. The third kappa shape index (κ3) is 22.7. The highest BCUT2D eigenvalue weighted by Crippen LogP contribution is 2.08. The second-order valence-electron chi connectivity index (χ2n) is 7.81. The Morgan fingerprint density at radius 3 is 1.30 bits per heavy atom. The van der Waals surface area contributed by atoms with E-state index in [-0.39, 0.29) is 24.8 Å². The summed E-state index contributed by atoms with van der Waals surface area (Å²) in [6.07, 6.45) is 25.0. The maximum Gasteiger partial charge on any atom is 0.306 e. The van der Waals surface area contributed by atoms with Crippen LogP contribution >= 0.6 is 0 Å². The Bertz CT molecular complexity index is 412. The average Bonchev–Trinajstić information content (AvgIpc) is 2.75. The van der Waals surface area contributed by atoms with Crippen molar-refractivity contribution in [1.82, 2.24) is 0 Å². The molecule has 0 fully saturated rings. The molecule has 174 valence electrons. The lowest BCUT2D eigenvalue weighted by molar-refractivity contribution is -0.150. The highest BCUT2D eigenvalue weighted by Gasteiger charge is 2.09. The van der Waals surface area contributed by atoms with Gasteiger partial charge in [0.1, 0.15) is 0 Å². The molecule has 30 heavy (non-hydrogen) atoms. The molecule has 0 N–H and O–H groups in total. The van der Waals surface area contributed by atoms with Gasteiger partial charge in [-0.1, -0.05) is 76.7 Å². The van der Waals surface area contributed by atoms with Crippen LogP contribution in [0.5, 0.6) is 0 Å². The first-order valence-corrected chi connectivity index (χ1v) is 12.3. The van der Waals surface area contributed by atoms with E-state index >= 15 is 0 Å². The first-order chi connectivity index (χ1) is 14.7. The fourth-order valence-electron chi connectivity index (χ4n) is 3.08. The van der Waals surface area contributed by atoms with Gasteiger partial charge in [-0.05, 0) is 51.4 Å². The third-order valence-electron chi connectivity index (χ3n) is 4.89. The Kier molecular flexibility index (Phi) is 22.4. The quantitative estimate of drug-likeness (QED) is 0.109. The predicted octanol–water partition coefficient (Wildman–Crippen LogP) is 7.47. The van der Waals surface area contributed by atoms with Gasteiger partial charge in [-0.25, -0.2) is 0 Å². The summed E-state index contributed by atoms with van der Waals surface area (Å²) in [4.78, 5) is 23.4. The summed E-state index contributed by atoms with van der Waals surface area (Å²) in [5, 5.41) is 0. The number of ether oxygens (including phenoxy) is 2. The SMILES string of the molecule is CC/C=C/CCCCCCCOC(=O)CCC(=O)OCCCCCCC/C=C/CC. The highest BCUT2D eigenvalue weighted by atomic mass is 16.5. The van der Waals surface area contributed by atoms with E-state index in [0.717, 1.165) is 51.4 Å². The molecule has 0 aliphatic rings. The van der Waals surface area contributed by atoms with Crippen LogP contribution in [0.3, 0.4) is 0 Å². The fourth-order valence-corrected chi connectivity index (χ4v) is 3.08. The van der Waals surface area contributed by atoms with E-state index in [1.807, 2.05) is 0 Å². The molecule has 0 amide bonds. The zero-order chi connectivity index (χ0) is 22.1. The van der Waals surface area contributed by atoms with Crippen molar-refractivity contribution in [1.29, 1.82) is 0 Å². The van der Waals surface area contributed by atoms with Crippen LogP contribution < -0.4 is 0 Å². The number of esters is 2. The number of hydrogen-bond donors (Lipinski definition) is 0. The zero-order valence-electron chi connectivity index (χ0n) is 19.7. The fraction of sp³-hybridized carbons (Fsp3) is 0.769. The van der Waals surface area contributed by atoms with Gasteiger partial charge in [-0.15, -0.1) is 0 Å². The second-order valence-corrected chi connectivity index (χ2v) is 7.81. The van der Waals surface area contributed by atoms with Gasteiger partial charge in [0.05, 0.1) is 26.1 Å². The largest absolute Gasteiger partial charge is 0.466 e. The lowest BCUT2D eigenvalue weighted by atomic mass is 10.1. The highest BCUT2D eigenvalue weighted by molar-refractivity contribution is 5.77. The van der Waals surface area contributed by atoms with Gasteiger partial charge < -0.3 is 9.47 Å². The van der Waals surface area contributed by atoms with Crippen molar-refractivity contribution in [3.63, 3.8) is 0 Å². The first kappa shape index (κ1) is 28.4. The number of rotatable bonds is 21.